The molecule has 2 rings (SSSR count). The van der Waals surface area contributed by atoms with Crippen LogP contribution in [0.4, 0.5) is 0 Å². The Morgan fingerprint density at radius 3 is 2.38 bits per heavy atom. The van der Waals surface area contributed by atoms with Crippen molar-refractivity contribution in [2.75, 3.05) is 31.9 Å². The second-order valence-corrected chi connectivity index (χ2v) is 8.44. The van der Waals surface area contributed by atoms with E-state index in [-0.39, 0.29) is 23.1 Å². The van der Waals surface area contributed by atoms with Gasteiger partial charge in [-0.2, -0.15) is 0 Å². The molecule has 0 radical (unpaired) electrons. The maximum atomic E-state index is 12.7. The first kappa shape index (κ1) is 16.7. The second kappa shape index (κ2) is 6.62. The molecule has 1 amide bonds. The molecule has 2 saturated heterocycles. The molecule has 0 unspecified atom stereocenters. The molecule has 122 valence electrons. The Hall–Kier alpha value is -0.660. The van der Waals surface area contributed by atoms with Crippen molar-refractivity contribution in [1.82, 2.24) is 14.9 Å². The van der Waals surface area contributed by atoms with Crippen molar-refractivity contribution in [1.29, 1.82) is 0 Å². The van der Waals surface area contributed by atoms with E-state index < -0.39 is 10.0 Å². The van der Waals surface area contributed by atoms with Gasteiger partial charge in [-0.15, -0.1) is 0 Å². The van der Waals surface area contributed by atoms with Crippen molar-refractivity contribution in [3.63, 3.8) is 0 Å². The van der Waals surface area contributed by atoms with Gasteiger partial charge in [-0.05, 0) is 45.7 Å². The molecule has 0 spiro atoms. The van der Waals surface area contributed by atoms with Crippen LogP contribution in [0.25, 0.3) is 0 Å². The number of amides is 1. The number of likely N-dealkylation sites (tertiary alicyclic amines) is 1. The number of piperidine rings is 2. The summed E-state index contributed by atoms with van der Waals surface area (Å²) in [5.74, 6) is 0.345. The van der Waals surface area contributed by atoms with E-state index in [1.165, 1.54) is 0 Å². The van der Waals surface area contributed by atoms with Gasteiger partial charge in [0.25, 0.3) is 0 Å². The average Bonchev–Trinajstić information content (AvgIpc) is 2.48. The number of sulfonamides is 1. The summed E-state index contributed by atoms with van der Waals surface area (Å²) in [6.07, 6.45) is 3.18. The highest BCUT2D eigenvalue weighted by Crippen LogP contribution is 2.31. The van der Waals surface area contributed by atoms with E-state index in [9.17, 15) is 13.2 Å². The van der Waals surface area contributed by atoms with Crippen LogP contribution >= 0.6 is 0 Å². The van der Waals surface area contributed by atoms with Gasteiger partial charge in [0, 0.05) is 24.5 Å². The number of hydrogen-bond donors (Lipinski definition) is 2. The molecule has 0 aromatic heterocycles. The van der Waals surface area contributed by atoms with Gasteiger partial charge < -0.3 is 10.2 Å². The zero-order valence-corrected chi connectivity index (χ0v) is 13.8. The van der Waals surface area contributed by atoms with Gasteiger partial charge in [0.05, 0.1) is 5.75 Å². The molecule has 0 aromatic rings. The number of carbonyl (C=O) groups is 1. The zero-order chi connectivity index (χ0) is 15.5. The minimum Gasteiger partial charge on any atom is -0.342 e. The number of rotatable bonds is 4. The fraction of sp³-hybridized carbons (Fsp3) is 0.929. The van der Waals surface area contributed by atoms with E-state index in [0.29, 0.717) is 25.9 Å². The van der Waals surface area contributed by atoms with Crippen molar-refractivity contribution in [2.24, 2.45) is 5.41 Å². The van der Waals surface area contributed by atoms with Gasteiger partial charge in [0.2, 0.25) is 15.9 Å². The quantitative estimate of drug-likeness (QED) is 0.782. The molecule has 6 nitrogen and oxygen atoms in total. The summed E-state index contributed by atoms with van der Waals surface area (Å²) in [5, 5.41) is 3.29. The molecule has 2 N–H and O–H groups in total. The molecule has 2 aliphatic heterocycles. The monoisotopic (exact) mass is 317 g/mol. The van der Waals surface area contributed by atoms with Crippen LogP contribution in [-0.4, -0.2) is 57.2 Å². The normalized spacial score (nSPS) is 24.0. The highest BCUT2D eigenvalue weighted by atomic mass is 32.2. The molecule has 0 saturated carbocycles. The standard InChI is InChI=1S/C14H27N3O3S/c1-3-21(19,20)16-12-4-10-17(11-5-12)13(18)14(2)6-8-15-9-7-14/h12,15-16H,3-11H2,1-2H3. The summed E-state index contributed by atoms with van der Waals surface area (Å²) in [5.41, 5.74) is -0.249. The maximum Gasteiger partial charge on any atom is 0.228 e. The third kappa shape index (κ3) is 4.17. The molecular formula is C14H27N3O3S. The summed E-state index contributed by atoms with van der Waals surface area (Å²) in [6.45, 7) is 6.79. The van der Waals surface area contributed by atoms with Gasteiger partial charge in [-0.3, -0.25) is 4.79 Å². The van der Waals surface area contributed by atoms with Crippen LogP contribution in [0.1, 0.15) is 39.5 Å². The first-order valence-electron chi connectivity index (χ1n) is 7.86. The second-order valence-electron chi connectivity index (χ2n) is 6.40. The molecular weight excluding hydrogens is 290 g/mol. The van der Waals surface area contributed by atoms with Crippen molar-refractivity contribution >= 4 is 15.9 Å². The third-order valence-corrected chi connectivity index (χ3v) is 6.18. The first-order valence-corrected chi connectivity index (χ1v) is 9.52. The number of nitrogens with zero attached hydrogens (tertiary/aromatic N) is 1. The predicted octanol–water partition coefficient (Wildman–Crippen LogP) is 0.306. The lowest BCUT2D eigenvalue weighted by molar-refractivity contribution is -0.143. The Morgan fingerprint density at radius 1 is 1.29 bits per heavy atom. The zero-order valence-electron chi connectivity index (χ0n) is 13.0. The summed E-state index contributed by atoms with van der Waals surface area (Å²) in [6, 6.07) is -0.0279. The lowest BCUT2D eigenvalue weighted by Gasteiger charge is -2.40. The lowest BCUT2D eigenvalue weighted by atomic mass is 9.79. The van der Waals surface area contributed by atoms with Gasteiger partial charge in [-0.25, -0.2) is 13.1 Å². The Balaban J connectivity index is 1.87. The minimum absolute atomic E-state index is 0.0279. The molecule has 2 aliphatic rings. The fourth-order valence-corrected chi connectivity index (χ4v) is 4.02. The summed E-state index contributed by atoms with van der Waals surface area (Å²) in [4.78, 5) is 14.6. The first-order chi connectivity index (χ1) is 9.86. The van der Waals surface area contributed by atoms with Crippen LogP contribution in [-0.2, 0) is 14.8 Å². The molecule has 2 fully saturated rings. The Kier molecular flexibility index (Phi) is 5.27. The van der Waals surface area contributed by atoms with Crippen LogP contribution in [0.15, 0.2) is 0 Å². The minimum atomic E-state index is -3.15. The van der Waals surface area contributed by atoms with Crippen LogP contribution in [0, 0.1) is 5.41 Å². The molecule has 0 atom stereocenters. The molecule has 0 bridgehead atoms. The van der Waals surface area contributed by atoms with Gasteiger partial charge in [0.15, 0.2) is 0 Å². The maximum absolute atomic E-state index is 12.7. The van der Waals surface area contributed by atoms with Crippen LogP contribution in [0.2, 0.25) is 0 Å². The van der Waals surface area contributed by atoms with E-state index in [1.54, 1.807) is 6.92 Å². The predicted molar refractivity (Wildman–Crippen MR) is 82.4 cm³/mol. The fourth-order valence-electron chi connectivity index (χ4n) is 3.11. The number of nitrogens with one attached hydrogen (secondary N) is 2. The van der Waals surface area contributed by atoms with E-state index >= 15 is 0 Å². The van der Waals surface area contributed by atoms with Gasteiger partial charge in [-0.1, -0.05) is 6.92 Å². The van der Waals surface area contributed by atoms with Crippen molar-refractivity contribution < 1.29 is 13.2 Å². The molecule has 21 heavy (non-hydrogen) atoms. The Bertz CT molecular complexity index is 464. The van der Waals surface area contributed by atoms with Crippen LogP contribution in [0.5, 0.6) is 0 Å². The lowest BCUT2D eigenvalue weighted by Crippen LogP contribution is -2.52. The molecule has 0 aliphatic carbocycles. The van der Waals surface area contributed by atoms with Gasteiger partial charge >= 0.3 is 0 Å². The summed E-state index contributed by atoms with van der Waals surface area (Å²) >= 11 is 0. The smallest absolute Gasteiger partial charge is 0.228 e. The molecule has 0 aromatic carbocycles. The number of carbonyl (C=O) groups excluding carboxylic acids is 1. The van der Waals surface area contributed by atoms with Crippen LogP contribution < -0.4 is 10.0 Å². The van der Waals surface area contributed by atoms with E-state index in [0.717, 1.165) is 25.9 Å². The molecule has 2 heterocycles. The van der Waals surface area contributed by atoms with E-state index in [2.05, 4.69) is 17.0 Å². The summed E-state index contributed by atoms with van der Waals surface area (Å²) in [7, 11) is -3.15. The number of hydrogen-bond acceptors (Lipinski definition) is 4. The third-order valence-electron chi connectivity index (χ3n) is 4.73. The highest BCUT2D eigenvalue weighted by molar-refractivity contribution is 7.89. The van der Waals surface area contributed by atoms with Crippen molar-refractivity contribution in [3.8, 4) is 0 Å². The summed E-state index contributed by atoms with van der Waals surface area (Å²) < 4.78 is 25.9. The Morgan fingerprint density at radius 2 is 1.86 bits per heavy atom. The average molecular weight is 317 g/mol. The van der Waals surface area contributed by atoms with E-state index in [1.807, 2.05) is 4.90 Å². The van der Waals surface area contributed by atoms with E-state index in [4.69, 9.17) is 0 Å². The van der Waals surface area contributed by atoms with Gasteiger partial charge in [0.1, 0.15) is 0 Å². The highest BCUT2D eigenvalue weighted by Gasteiger charge is 2.38. The van der Waals surface area contributed by atoms with Crippen molar-refractivity contribution in [3.05, 3.63) is 0 Å². The Labute approximate surface area is 127 Å². The van der Waals surface area contributed by atoms with Crippen LogP contribution in [0.3, 0.4) is 0 Å². The topological polar surface area (TPSA) is 78.5 Å². The largest absolute Gasteiger partial charge is 0.342 e. The SMILES string of the molecule is CCS(=O)(=O)NC1CCN(C(=O)C2(C)CCNCC2)CC1. The molecule has 7 heteroatoms. The van der Waals surface area contributed by atoms with Crippen molar-refractivity contribution in [2.45, 2.75) is 45.6 Å².